The van der Waals surface area contributed by atoms with Gasteiger partial charge >= 0.3 is 0 Å². The number of allylic oxidation sites excluding steroid dienone is 1. The first kappa shape index (κ1) is 15.4. The molecule has 0 unspecified atom stereocenters. The van der Waals surface area contributed by atoms with Gasteiger partial charge in [-0.2, -0.15) is 0 Å². The normalized spacial score (nSPS) is 51.0. The van der Waals surface area contributed by atoms with Crippen LogP contribution in [-0.4, -0.2) is 27.9 Å². The summed E-state index contributed by atoms with van der Waals surface area (Å²) in [6.45, 7) is 4.46. The predicted octanol–water partition coefficient (Wildman–Crippen LogP) is 3.32. The summed E-state index contributed by atoms with van der Waals surface area (Å²) in [5, 5.41) is 23.3. The number of nitrogens with zero attached hydrogens (tertiary/aromatic N) is 1. The molecule has 0 bridgehead atoms. The minimum atomic E-state index is -0.271. The first-order valence-electron chi connectivity index (χ1n) is 9.04. The molecule has 23 heavy (non-hydrogen) atoms. The highest BCUT2D eigenvalue weighted by Crippen LogP contribution is 2.63. The van der Waals surface area contributed by atoms with E-state index >= 15 is 0 Å². The van der Waals surface area contributed by atoms with Crippen LogP contribution >= 0.6 is 0 Å². The quantitative estimate of drug-likeness (QED) is 0.532. The first-order chi connectivity index (χ1) is 10.9. The molecule has 0 aliphatic heterocycles. The molecule has 4 rings (SSSR count). The van der Waals surface area contributed by atoms with E-state index in [0.717, 1.165) is 37.8 Å². The van der Waals surface area contributed by atoms with Crippen LogP contribution in [0.15, 0.2) is 16.8 Å². The number of carbonyl (C=O) groups is 1. The molecule has 6 atom stereocenters. The minimum Gasteiger partial charge on any atom is -0.411 e. The fraction of sp³-hybridized carbons (Fsp3) is 0.789. The molecule has 3 saturated carbocycles. The van der Waals surface area contributed by atoms with Crippen LogP contribution < -0.4 is 0 Å². The lowest BCUT2D eigenvalue weighted by molar-refractivity contribution is -0.130. The number of Topliss-reactive ketones (excluding diaryl/α,β-unsaturated/α-hetero) is 1. The number of ketones is 1. The Morgan fingerprint density at radius 2 is 1.83 bits per heavy atom. The number of oxime groups is 1. The van der Waals surface area contributed by atoms with Gasteiger partial charge in [-0.15, -0.1) is 0 Å². The maximum atomic E-state index is 12.5. The Bertz CT molecular complexity index is 610. The highest BCUT2D eigenvalue weighted by molar-refractivity contribution is 6.00. The van der Waals surface area contributed by atoms with Gasteiger partial charge in [0.05, 0.1) is 11.8 Å². The maximum absolute atomic E-state index is 12.5. The molecular formula is C19H27NO3. The molecule has 4 heteroatoms. The number of aliphatic hydroxyl groups excluding tert-OH is 1. The van der Waals surface area contributed by atoms with Crippen LogP contribution in [0.5, 0.6) is 0 Å². The van der Waals surface area contributed by atoms with E-state index in [2.05, 4.69) is 19.0 Å². The Kier molecular flexibility index (Phi) is 3.29. The van der Waals surface area contributed by atoms with Gasteiger partial charge < -0.3 is 10.3 Å². The van der Waals surface area contributed by atoms with Gasteiger partial charge in [0.25, 0.3) is 0 Å². The maximum Gasteiger partial charge on any atom is 0.139 e. The number of hydrogen-bond donors (Lipinski definition) is 2. The molecule has 0 heterocycles. The molecule has 0 radical (unpaired) electrons. The number of aliphatic hydroxyl groups is 1. The molecule has 0 saturated heterocycles. The van der Waals surface area contributed by atoms with Crippen molar-refractivity contribution in [3.8, 4) is 0 Å². The zero-order valence-electron chi connectivity index (χ0n) is 14.1. The van der Waals surface area contributed by atoms with Gasteiger partial charge in [0, 0.05) is 17.8 Å². The van der Waals surface area contributed by atoms with Crippen molar-refractivity contribution < 1.29 is 15.1 Å². The lowest BCUT2D eigenvalue weighted by Gasteiger charge is -2.56. The summed E-state index contributed by atoms with van der Waals surface area (Å²) in [5.41, 5.74) is 1.86. The zero-order valence-corrected chi connectivity index (χ0v) is 14.1. The van der Waals surface area contributed by atoms with Gasteiger partial charge in [-0.1, -0.05) is 24.6 Å². The molecule has 4 aliphatic carbocycles. The second kappa shape index (κ2) is 4.92. The van der Waals surface area contributed by atoms with Crippen LogP contribution in [0.4, 0.5) is 0 Å². The Hall–Kier alpha value is -1.16. The van der Waals surface area contributed by atoms with Crippen molar-refractivity contribution in [1.82, 2.24) is 0 Å². The average molecular weight is 317 g/mol. The van der Waals surface area contributed by atoms with Crippen LogP contribution in [-0.2, 0) is 4.79 Å². The molecular weight excluding hydrogens is 290 g/mol. The van der Waals surface area contributed by atoms with Crippen LogP contribution in [0.1, 0.15) is 58.8 Å². The van der Waals surface area contributed by atoms with Crippen molar-refractivity contribution >= 4 is 11.5 Å². The second-order valence-corrected chi connectivity index (χ2v) is 8.67. The lowest BCUT2D eigenvalue weighted by Crippen LogP contribution is -2.53. The summed E-state index contributed by atoms with van der Waals surface area (Å²) in [7, 11) is 0. The van der Waals surface area contributed by atoms with E-state index in [9.17, 15) is 15.1 Å². The summed E-state index contributed by atoms with van der Waals surface area (Å²) >= 11 is 0. The van der Waals surface area contributed by atoms with Gasteiger partial charge in [-0.25, -0.2) is 0 Å². The molecule has 3 fully saturated rings. The second-order valence-electron chi connectivity index (χ2n) is 8.67. The fourth-order valence-electron chi connectivity index (χ4n) is 6.27. The van der Waals surface area contributed by atoms with Gasteiger partial charge in [0.15, 0.2) is 0 Å². The third kappa shape index (κ3) is 1.93. The molecule has 4 aliphatic rings. The van der Waals surface area contributed by atoms with E-state index in [1.165, 1.54) is 5.57 Å². The predicted molar refractivity (Wildman–Crippen MR) is 87.3 cm³/mol. The van der Waals surface area contributed by atoms with Crippen LogP contribution in [0, 0.1) is 28.6 Å². The molecule has 2 N–H and O–H groups in total. The average Bonchev–Trinajstić information content (AvgIpc) is 2.83. The summed E-state index contributed by atoms with van der Waals surface area (Å²) in [6, 6.07) is 0. The highest BCUT2D eigenvalue weighted by Gasteiger charge is 2.60. The van der Waals surface area contributed by atoms with Crippen molar-refractivity contribution in [1.29, 1.82) is 0 Å². The molecule has 0 amide bonds. The lowest BCUT2D eigenvalue weighted by atomic mass is 9.47. The van der Waals surface area contributed by atoms with Gasteiger partial charge in [0.2, 0.25) is 0 Å². The number of fused-ring (bicyclic) bond motifs is 5. The van der Waals surface area contributed by atoms with E-state index in [4.69, 9.17) is 0 Å². The van der Waals surface area contributed by atoms with Crippen LogP contribution in [0.2, 0.25) is 0 Å². The third-order valence-corrected chi connectivity index (χ3v) is 7.76. The Morgan fingerprint density at radius 3 is 2.57 bits per heavy atom. The molecule has 0 aromatic heterocycles. The summed E-state index contributed by atoms with van der Waals surface area (Å²) in [6.07, 6.45) is 7.90. The van der Waals surface area contributed by atoms with Gasteiger partial charge in [0.1, 0.15) is 5.78 Å². The van der Waals surface area contributed by atoms with E-state index in [1.807, 2.05) is 6.08 Å². The zero-order chi connectivity index (χ0) is 16.4. The van der Waals surface area contributed by atoms with Gasteiger partial charge in [-0.3, -0.25) is 4.79 Å². The van der Waals surface area contributed by atoms with E-state index in [1.54, 1.807) is 0 Å². The largest absolute Gasteiger partial charge is 0.411 e. The molecule has 0 aromatic rings. The standard InChI is InChI=1S/C19H27NO3/c1-18-7-5-12(21)9-11(18)10-15(20-23)17-13-3-4-16(22)19(13,2)8-6-14(17)18/h10,12-14,17,21,23H,3-9H2,1-2H3/b20-15+/t12-,13-,14-,17-,18-,19-/m0/s1. The fourth-order valence-corrected chi connectivity index (χ4v) is 6.27. The Labute approximate surface area is 137 Å². The first-order valence-corrected chi connectivity index (χ1v) is 9.04. The monoisotopic (exact) mass is 317 g/mol. The molecule has 126 valence electrons. The SMILES string of the molecule is C[C@]12CC[C@H](O)CC1=C/C(=N\O)[C@@H]1[C@@H]2CC[C@]2(C)C(=O)CC[C@@H]12. The minimum absolute atomic E-state index is 0.0883. The Balaban J connectivity index is 1.80. The summed E-state index contributed by atoms with van der Waals surface area (Å²) in [4.78, 5) is 12.5. The smallest absolute Gasteiger partial charge is 0.139 e. The van der Waals surface area contributed by atoms with Crippen LogP contribution in [0.3, 0.4) is 0 Å². The van der Waals surface area contributed by atoms with Crippen LogP contribution in [0.25, 0.3) is 0 Å². The third-order valence-electron chi connectivity index (χ3n) is 7.76. The summed E-state index contributed by atoms with van der Waals surface area (Å²) < 4.78 is 0. The number of hydrogen-bond acceptors (Lipinski definition) is 4. The molecule has 4 nitrogen and oxygen atoms in total. The summed E-state index contributed by atoms with van der Waals surface area (Å²) in [5.74, 6) is 1.33. The number of rotatable bonds is 0. The van der Waals surface area contributed by atoms with E-state index in [0.29, 0.717) is 30.5 Å². The molecule has 0 aromatic carbocycles. The molecule has 0 spiro atoms. The number of carbonyl (C=O) groups excluding carboxylic acids is 1. The van der Waals surface area contributed by atoms with E-state index < -0.39 is 0 Å². The highest BCUT2D eigenvalue weighted by atomic mass is 16.4. The van der Waals surface area contributed by atoms with Crippen molar-refractivity contribution in [2.75, 3.05) is 0 Å². The van der Waals surface area contributed by atoms with Crippen molar-refractivity contribution in [3.05, 3.63) is 11.6 Å². The van der Waals surface area contributed by atoms with Gasteiger partial charge in [-0.05, 0) is 61.9 Å². The topological polar surface area (TPSA) is 69.9 Å². The van der Waals surface area contributed by atoms with Crippen molar-refractivity contribution in [3.63, 3.8) is 0 Å². The van der Waals surface area contributed by atoms with Crippen molar-refractivity contribution in [2.45, 2.75) is 64.9 Å². The van der Waals surface area contributed by atoms with Crippen molar-refractivity contribution in [2.24, 2.45) is 33.7 Å². The van der Waals surface area contributed by atoms with E-state index in [-0.39, 0.29) is 22.9 Å². The Morgan fingerprint density at radius 1 is 1.13 bits per heavy atom.